The summed E-state index contributed by atoms with van der Waals surface area (Å²) in [6.45, 7) is 0. The van der Waals surface area contributed by atoms with E-state index >= 15 is 0 Å². The molecule has 0 saturated heterocycles. The van der Waals surface area contributed by atoms with Crippen molar-refractivity contribution in [2.45, 2.75) is 12.5 Å². The number of thioether (sulfide) groups is 1. The van der Waals surface area contributed by atoms with Gasteiger partial charge in [-0.05, 0) is 11.4 Å². The Balaban J connectivity index is 2.26. The summed E-state index contributed by atoms with van der Waals surface area (Å²) in [5.41, 5.74) is 5.77. The number of carbonyl (C=O) groups excluding carboxylic acids is 1. The third-order valence-corrected chi connectivity index (χ3v) is 4.04. The molecular weight excluding hydrogens is 286 g/mol. The number of carbonyl (C=O) groups is 2. The molecule has 1 aromatic rings. The summed E-state index contributed by atoms with van der Waals surface area (Å²) < 4.78 is 0. The van der Waals surface area contributed by atoms with Gasteiger partial charge in [-0.15, -0.1) is 11.3 Å². The molecule has 8 heteroatoms. The normalized spacial score (nSPS) is 11.6. The van der Waals surface area contributed by atoms with Gasteiger partial charge in [0.05, 0.1) is 5.56 Å². The monoisotopic (exact) mass is 299 g/mol. The number of nitrogens with two attached hydrogens (primary N) is 1. The molecule has 0 saturated carbocycles. The van der Waals surface area contributed by atoms with Crippen LogP contribution in [0.1, 0.15) is 12.0 Å². The fourth-order valence-electron chi connectivity index (χ4n) is 1.13. The maximum Gasteiger partial charge on any atom is 0.321 e. The Labute approximate surface area is 118 Å². The van der Waals surface area contributed by atoms with Gasteiger partial charge in [0.1, 0.15) is 17.1 Å². The minimum atomic E-state index is -1.05. The minimum absolute atomic E-state index is 0.199. The van der Waals surface area contributed by atoms with Crippen LogP contribution in [0.5, 0.6) is 0 Å². The number of nitrogens with one attached hydrogen (secondary N) is 1. The van der Waals surface area contributed by atoms with E-state index in [2.05, 4.69) is 5.32 Å². The van der Waals surface area contributed by atoms with Crippen molar-refractivity contribution in [2.75, 3.05) is 16.8 Å². The maximum atomic E-state index is 11.6. The number of amides is 1. The van der Waals surface area contributed by atoms with Gasteiger partial charge < -0.3 is 16.2 Å². The molecule has 0 spiro atoms. The van der Waals surface area contributed by atoms with Crippen LogP contribution >= 0.6 is 23.1 Å². The van der Waals surface area contributed by atoms with Crippen LogP contribution in [0.3, 0.4) is 0 Å². The number of nitrogens with zero attached hydrogens (tertiary/aromatic N) is 1. The zero-order chi connectivity index (χ0) is 14.3. The van der Waals surface area contributed by atoms with E-state index in [1.54, 1.807) is 11.4 Å². The van der Waals surface area contributed by atoms with Crippen LogP contribution in [0.25, 0.3) is 0 Å². The highest BCUT2D eigenvalue weighted by Crippen LogP contribution is 2.22. The van der Waals surface area contributed by atoms with Crippen molar-refractivity contribution in [2.24, 2.45) is 5.73 Å². The second kappa shape index (κ2) is 7.78. The lowest BCUT2D eigenvalue weighted by Crippen LogP contribution is -2.32. The van der Waals surface area contributed by atoms with Crippen LogP contribution in [-0.2, 0) is 9.59 Å². The standard InChI is InChI=1S/C11H13N3O3S2/c12-5-7-1-4-19-10(7)14-9(15)2-3-18-6-8(13)11(16)17/h1,4,8H,2-3,6,13H2,(H,14,15)(H,16,17)/t8-/m0/s1. The van der Waals surface area contributed by atoms with Crippen LogP contribution in [0.15, 0.2) is 11.4 Å². The number of anilines is 1. The molecule has 1 heterocycles. The van der Waals surface area contributed by atoms with E-state index in [-0.39, 0.29) is 18.1 Å². The van der Waals surface area contributed by atoms with Crippen LogP contribution in [0.4, 0.5) is 5.00 Å². The van der Waals surface area contributed by atoms with Gasteiger partial charge in [0, 0.05) is 17.9 Å². The van der Waals surface area contributed by atoms with Crippen molar-refractivity contribution in [3.8, 4) is 6.07 Å². The van der Waals surface area contributed by atoms with Crippen molar-refractivity contribution >= 4 is 40.0 Å². The number of thiophene rings is 1. The first-order valence-electron chi connectivity index (χ1n) is 5.38. The zero-order valence-electron chi connectivity index (χ0n) is 9.96. The predicted molar refractivity (Wildman–Crippen MR) is 75.2 cm³/mol. The number of carboxylic acid groups (broad SMARTS) is 1. The van der Waals surface area contributed by atoms with Gasteiger partial charge in [-0.1, -0.05) is 0 Å². The van der Waals surface area contributed by atoms with E-state index in [4.69, 9.17) is 16.1 Å². The summed E-state index contributed by atoms with van der Waals surface area (Å²) >= 11 is 2.60. The van der Waals surface area contributed by atoms with Gasteiger partial charge in [0.2, 0.25) is 5.91 Å². The third kappa shape index (κ3) is 5.30. The largest absolute Gasteiger partial charge is 0.480 e. The Morgan fingerprint density at radius 3 is 3.00 bits per heavy atom. The molecule has 0 unspecified atom stereocenters. The summed E-state index contributed by atoms with van der Waals surface area (Å²) in [6, 6.07) is 2.72. The summed E-state index contributed by atoms with van der Waals surface area (Å²) in [7, 11) is 0. The van der Waals surface area contributed by atoms with Gasteiger partial charge >= 0.3 is 5.97 Å². The Hall–Kier alpha value is -1.56. The van der Waals surface area contributed by atoms with Crippen molar-refractivity contribution < 1.29 is 14.7 Å². The van der Waals surface area contributed by atoms with Crippen molar-refractivity contribution in [1.82, 2.24) is 0 Å². The van der Waals surface area contributed by atoms with E-state index in [1.165, 1.54) is 23.1 Å². The minimum Gasteiger partial charge on any atom is -0.480 e. The molecule has 6 nitrogen and oxygen atoms in total. The maximum absolute atomic E-state index is 11.6. The molecule has 102 valence electrons. The summed E-state index contributed by atoms with van der Waals surface area (Å²) in [6.07, 6.45) is 0.250. The summed E-state index contributed by atoms with van der Waals surface area (Å²) in [4.78, 5) is 22.0. The first-order chi connectivity index (χ1) is 9.04. The molecule has 1 aromatic heterocycles. The second-order valence-corrected chi connectivity index (χ2v) is 5.66. The van der Waals surface area contributed by atoms with Gasteiger partial charge in [-0.3, -0.25) is 9.59 Å². The lowest BCUT2D eigenvalue weighted by atomic mass is 10.3. The molecule has 0 radical (unpaired) electrons. The average Bonchev–Trinajstić information content (AvgIpc) is 2.81. The highest BCUT2D eigenvalue weighted by atomic mass is 32.2. The van der Waals surface area contributed by atoms with Crippen molar-refractivity contribution in [3.05, 3.63) is 17.0 Å². The lowest BCUT2D eigenvalue weighted by molar-refractivity contribution is -0.137. The van der Waals surface area contributed by atoms with E-state index in [1.807, 2.05) is 6.07 Å². The van der Waals surface area contributed by atoms with Gasteiger partial charge in [0.15, 0.2) is 0 Å². The molecule has 19 heavy (non-hydrogen) atoms. The van der Waals surface area contributed by atoms with E-state index in [0.29, 0.717) is 16.3 Å². The smallest absolute Gasteiger partial charge is 0.321 e. The zero-order valence-corrected chi connectivity index (χ0v) is 11.6. The molecular formula is C11H13N3O3S2. The van der Waals surface area contributed by atoms with Gasteiger partial charge in [-0.25, -0.2) is 0 Å². The van der Waals surface area contributed by atoms with Gasteiger partial charge in [-0.2, -0.15) is 17.0 Å². The first kappa shape index (κ1) is 15.5. The molecule has 0 aliphatic rings. The lowest BCUT2D eigenvalue weighted by Gasteiger charge is -2.06. The molecule has 1 atom stereocenters. The van der Waals surface area contributed by atoms with E-state index in [0.717, 1.165) is 0 Å². The molecule has 0 aliphatic heterocycles. The Morgan fingerprint density at radius 1 is 1.63 bits per heavy atom. The Morgan fingerprint density at radius 2 is 2.37 bits per heavy atom. The first-order valence-corrected chi connectivity index (χ1v) is 7.41. The topological polar surface area (TPSA) is 116 Å². The number of nitriles is 1. The summed E-state index contributed by atoms with van der Waals surface area (Å²) in [5.74, 6) is -0.491. The molecule has 0 aromatic carbocycles. The highest BCUT2D eigenvalue weighted by molar-refractivity contribution is 7.99. The fraction of sp³-hybridized carbons (Fsp3) is 0.364. The van der Waals surface area contributed by atoms with Crippen LogP contribution in [0, 0.1) is 11.3 Å². The molecule has 0 fully saturated rings. The Bertz CT molecular complexity index is 496. The molecule has 0 aliphatic carbocycles. The number of hydrogen-bond acceptors (Lipinski definition) is 6. The van der Waals surface area contributed by atoms with E-state index < -0.39 is 12.0 Å². The van der Waals surface area contributed by atoms with Crippen LogP contribution < -0.4 is 11.1 Å². The molecule has 1 amide bonds. The van der Waals surface area contributed by atoms with Crippen LogP contribution in [-0.4, -0.2) is 34.5 Å². The predicted octanol–water partition coefficient (Wildman–Crippen LogP) is 1.09. The molecule has 4 N–H and O–H groups in total. The number of rotatable bonds is 7. The number of aliphatic carboxylic acids is 1. The molecule has 0 bridgehead atoms. The second-order valence-electron chi connectivity index (χ2n) is 3.59. The fourth-order valence-corrected chi connectivity index (χ4v) is 2.78. The third-order valence-electron chi connectivity index (χ3n) is 2.13. The van der Waals surface area contributed by atoms with Crippen LogP contribution in [0.2, 0.25) is 0 Å². The van der Waals surface area contributed by atoms with Crippen molar-refractivity contribution in [1.29, 1.82) is 5.26 Å². The van der Waals surface area contributed by atoms with E-state index in [9.17, 15) is 9.59 Å². The van der Waals surface area contributed by atoms with Crippen molar-refractivity contribution in [3.63, 3.8) is 0 Å². The Kier molecular flexibility index (Phi) is 6.35. The highest BCUT2D eigenvalue weighted by Gasteiger charge is 2.12. The van der Waals surface area contributed by atoms with Gasteiger partial charge in [0.25, 0.3) is 0 Å². The quantitative estimate of drug-likeness (QED) is 0.649. The average molecular weight is 299 g/mol. The molecule has 1 rings (SSSR count). The number of hydrogen-bond donors (Lipinski definition) is 3. The SMILES string of the molecule is N#Cc1ccsc1NC(=O)CCSC[C@H](N)C(=O)O. The summed E-state index contributed by atoms with van der Waals surface area (Å²) in [5, 5.41) is 22.3. The number of carboxylic acids is 1.